The largest absolute Gasteiger partial charge is 0.285 e. The van der Waals surface area contributed by atoms with Gasteiger partial charge in [-0.25, -0.2) is 0 Å². The molecule has 0 fully saturated rings. The summed E-state index contributed by atoms with van der Waals surface area (Å²) in [5.74, 6) is 0. The van der Waals surface area contributed by atoms with Crippen LogP contribution in [-0.4, -0.2) is 22.0 Å². The first-order valence-corrected chi connectivity index (χ1v) is 6.65. The molecule has 0 amide bonds. The van der Waals surface area contributed by atoms with Crippen molar-refractivity contribution in [1.29, 1.82) is 0 Å². The maximum absolute atomic E-state index is 4.62. The predicted molar refractivity (Wildman–Crippen MR) is 82.0 cm³/mol. The van der Waals surface area contributed by atoms with E-state index in [0.29, 0.717) is 0 Å². The van der Waals surface area contributed by atoms with E-state index in [-0.39, 0.29) is 0 Å². The standard InChI is InChI=1S/C16H21N3/c1-6-17-16(9-11(2)3)13-7-8-15-14(12(13)4)10-19(5)18-15/h7-10H,6H2,1-5H3. The lowest BCUT2D eigenvalue weighted by Gasteiger charge is -2.07. The molecule has 3 heteroatoms. The number of fused-ring (bicyclic) bond motifs is 1. The quantitative estimate of drug-likeness (QED) is 0.770. The van der Waals surface area contributed by atoms with E-state index in [1.54, 1.807) is 0 Å². The third-order valence-corrected chi connectivity index (χ3v) is 3.10. The first-order valence-electron chi connectivity index (χ1n) is 6.65. The average Bonchev–Trinajstić information content (AvgIpc) is 2.70. The minimum absolute atomic E-state index is 0.795. The van der Waals surface area contributed by atoms with Crippen molar-refractivity contribution in [3.05, 3.63) is 41.1 Å². The molecule has 0 aliphatic carbocycles. The fraction of sp³-hybridized carbons (Fsp3) is 0.375. The van der Waals surface area contributed by atoms with E-state index in [9.17, 15) is 0 Å². The molecule has 0 saturated heterocycles. The molecule has 19 heavy (non-hydrogen) atoms. The molecule has 1 aromatic heterocycles. The SMILES string of the molecule is CCN=C(C=C(C)C)c1ccc2nn(C)cc2c1C. The van der Waals surface area contributed by atoms with Crippen LogP contribution in [0.2, 0.25) is 0 Å². The van der Waals surface area contributed by atoms with Crippen molar-refractivity contribution >= 4 is 16.6 Å². The molecule has 0 saturated carbocycles. The highest BCUT2D eigenvalue weighted by Crippen LogP contribution is 2.22. The lowest BCUT2D eigenvalue weighted by atomic mass is 9.99. The number of rotatable bonds is 3. The summed E-state index contributed by atoms with van der Waals surface area (Å²) in [5, 5.41) is 5.64. The van der Waals surface area contributed by atoms with Gasteiger partial charge in [-0.3, -0.25) is 9.67 Å². The van der Waals surface area contributed by atoms with Crippen LogP contribution >= 0.6 is 0 Å². The highest BCUT2D eigenvalue weighted by molar-refractivity contribution is 6.12. The van der Waals surface area contributed by atoms with Gasteiger partial charge in [-0.1, -0.05) is 11.6 Å². The van der Waals surface area contributed by atoms with Crippen LogP contribution in [0.1, 0.15) is 31.9 Å². The van der Waals surface area contributed by atoms with Crippen LogP contribution in [0.5, 0.6) is 0 Å². The molecule has 3 nitrogen and oxygen atoms in total. The third kappa shape index (κ3) is 2.75. The van der Waals surface area contributed by atoms with Gasteiger partial charge in [-0.2, -0.15) is 5.10 Å². The second kappa shape index (κ2) is 5.39. The van der Waals surface area contributed by atoms with Gasteiger partial charge in [0.1, 0.15) is 0 Å². The van der Waals surface area contributed by atoms with Crippen LogP contribution in [0, 0.1) is 6.92 Å². The maximum atomic E-state index is 4.62. The van der Waals surface area contributed by atoms with Crippen LogP contribution in [-0.2, 0) is 7.05 Å². The Balaban J connectivity index is 2.63. The Morgan fingerprint density at radius 2 is 2.11 bits per heavy atom. The first-order chi connectivity index (χ1) is 9.02. The molecule has 0 aliphatic rings. The van der Waals surface area contributed by atoms with E-state index in [1.165, 1.54) is 22.1 Å². The summed E-state index contributed by atoms with van der Waals surface area (Å²) in [7, 11) is 1.95. The molecule has 0 bridgehead atoms. The Hall–Kier alpha value is -1.90. The maximum Gasteiger partial charge on any atom is 0.0926 e. The Morgan fingerprint density at radius 3 is 2.74 bits per heavy atom. The van der Waals surface area contributed by atoms with Crippen LogP contribution in [0.15, 0.2) is 35.0 Å². The highest BCUT2D eigenvalue weighted by Gasteiger charge is 2.09. The number of benzene rings is 1. The zero-order valence-electron chi connectivity index (χ0n) is 12.4. The van der Waals surface area contributed by atoms with E-state index in [4.69, 9.17) is 0 Å². The summed E-state index contributed by atoms with van der Waals surface area (Å²) in [6.45, 7) is 9.20. The number of allylic oxidation sites excluding steroid dienone is 2. The number of hydrogen-bond donors (Lipinski definition) is 0. The van der Waals surface area contributed by atoms with Gasteiger partial charge in [-0.05, 0) is 45.4 Å². The zero-order valence-corrected chi connectivity index (χ0v) is 12.4. The monoisotopic (exact) mass is 255 g/mol. The molecule has 1 aromatic carbocycles. The number of nitrogens with zero attached hydrogens (tertiary/aromatic N) is 3. The van der Waals surface area contributed by atoms with E-state index in [2.05, 4.69) is 62.2 Å². The van der Waals surface area contributed by atoms with Gasteiger partial charge >= 0.3 is 0 Å². The minimum atomic E-state index is 0.795. The fourth-order valence-electron chi connectivity index (χ4n) is 2.28. The lowest BCUT2D eigenvalue weighted by Crippen LogP contribution is -2.02. The predicted octanol–water partition coefficient (Wildman–Crippen LogP) is 3.66. The van der Waals surface area contributed by atoms with Gasteiger partial charge in [0.2, 0.25) is 0 Å². The van der Waals surface area contributed by atoms with E-state index in [1.807, 2.05) is 11.7 Å². The van der Waals surface area contributed by atoms with Gasteiger partial charge in [0.05, 0.1) is 11.2 Å². The van der Waals surface area contributed by atoms with Crippen molar-refractivity contribution in [3.8, 4) is 0 Å². The summed E-state index contributed by atoms with van der Waals surface area (Å²) in [6.07, 6.45) is 4.22. The number of hydrogen-bond acceptors (Lipinski definition) is 2. The second-order valence-corrected chi connectivity index (χ2v) is 5.05. The summed E-state index contributed by atoms with van der Waals surface area (Å²) >= 11 is 0. The van der Waals surface area contributed by atoms with Crippen molar-refractivity contribution in [2.75, 3.05) is 6.54 Å². The van der Waals surface area contributed by atoms with E-state index < -0.39 is 0 Å². The lowest BCUT2D eigenvalue weighted by molar-refractivity contribution is 0.779. The van der Waals surface area contributed by atoms with Gasteiger partial charge in [0.25, 0.3) is 0 Å². The molecule has 100 valence electrons. The minimum Gasteiger partial charge on any atom is -0.285 e. The number of aliphatic imine (C=N–C) groups is 1. The van der Waals surface area contributed by atoms with Crippen LogP contribution in [0.25, 0.3) is 10.9 Å². The summed E-state index contributed by atoms with van der Waals surface area (Å²) in [6, 6.07) is 4.19. The molecule has 1 heterocycles. The zero-order chi connectivity index (χ0) is 14.0. The van der Waals surface area contributed by atoms with Crippen LogP contribution in [0.4, 0.5) is 0 Å². The fourth-order valence-corrected chi connectivity index (χ4v) is 2.28. The van der Waals surface area contributed by atoms with Crippen LogP contribution < -0.4 is 0 Å². The van der Waals surface area contributed by atoms with Crippen molar-refractivity contribution in [2.45, 2.75) is 27.7 Å². The smallest absolute Gasteiger partial charge is 0.0926 e. The normalized spacial score (nSPS) is 11.9. The molecule has 0 radical (unpaired) electrons. The molecule has 0 unspecified atom stereocenters. The van der Waals surface area contributed by atoms with Crippen molar-refractivity contribution < 1.29 is 0 Å². The van der Waals surface area contributed by atoms with Crippen molar-refractivity contribution in [1.82, 2.24) is 9.78 Å². The third-order valence-electron chi connectivity index (χ3n) is 3.10. The van der Waals surface area contributed by atoms with Crippen molar-refractivity contribution in [3.63, 3.8) is 0 Å². The molecule has 0 aliphatic heterocycles. The molecular weight excluding hydrogens is 234 g/mol. The van der Waals surface area contributed by atoms with E-state index in [0.717, 1.165) is 17.8 Å². The average molecular weight is 255 g/mol. The van der Waals surface area contributed by atoms with Gasteiger partial charge in [-0.15, -0.1) is 0 Å². The van der Waals surface area contributed by atoms with Gasteiger partial charge in [0.15, 0.2) is 0 Å². The second-order valence-electron chi connectivity index (χ2n) is 5.05. The molecule has 2 rings (SSSR count). The topological polar surface area (TPSA) is 30.2 Å². The Labute approximate surface area is 114 Å². The van der Waals surface area contributed by atoms with Gasteiger partial charge in [0, 0.05) is 30.7 Å². The van der Waals surface area contributed by atoms with E-state index >= 15 is 0 Å². The number of aryl methyl sites for hydroxylation is 2. The summed E-state index contributed by atoms with van der Waals surface area (Å²) < 4.78 is 1.86. The molecular formula is C16H21N3. The number of aromatic nitrogens is 2. The highest BCUT2D eigenvalue weighted by atomic mass is 15.2. The van der Waals surface area contributed by atoms with Crippen molar-refractivity contribution in [2.24, 2.45) is 12.0 Å². The Kier molecular flexibility index (Phi) is 3.84. The molecule has 0 atom stereocenters. The molecule has 0 N–H and O–H groups in total. The summed E-state index contributed by atoms with van der Waals surface area (Å²) in [5.41, 5.74) is 5.80. The molecule has 0 spiro atoms. The first kappa shape index (κ1) is 13.5. The Bertz CT molecular complexity index is 656. The molecule has 2 aromatic rings. The van der Waals surface area contributed by atoms with Gasteiger partial charge < -0.3 is 0 Å². The summed E-state index contributed by atoms with van der Waals surface area (Å²) in [4.78, 5) is 4.62. The van der Waals surface area contributed by atoms with Crippen LogP contribution in [0.3, 0.4) is 0 Å². The Morgan fingerprint density at radius 1 is 1.37 bits per heavy atom.